The summed E-state index contributed by atoms with van der Waals surface area (Å²) in [6.45, 7) is 6.13. The third kappa shape index (κ3) is 4.60. The van der Waals surface area contributed by atoms with Crippen molar-refractivity contribution >= 4 is 27.5 Å². The van der Waals surface area contributed by atoms with Gasteiger partial charge in [0.1, 0.15) is 0 Å². The van der Waals surface area contributed by atoms with Crippen molar-refractivity contribution in [2.45, 2.75) is 45.1 Å². The van der Waals surface area contributed by atoms with Crippen molar-refractivity contribution in [3.63, 3.8) is 0 Å². The summed E-state index contributed by atoms with van der Waals surface area (Å²) in [5, 5.41) is 2.57. The molecule has 0 aliphatic heterocycles. The number of aryl methyl sites for hydroxylation is 2. The summed E-state index contributed by atoms with van der Waals surface area (Å²) in [5.74, 6) is -1.30. The van der Waals surface area contributed by atoms with Crippen molar-refractivity contribution in [1.82, 2.24) is 19.6 Å². The first-order valence-electron chi connectivity index (χ1n) is 8.94. The van der Waals surface area contributed by atoms with Crippen LogP contribution >= 0.6 is 0 Å². The minimum absolute atomic E-state index is 0.0123. The van der Waals surface area contributed by atoms with Crippen LogP contribution in [0.3, 0.4) is 0 Å². The molecule has 0 saturated carbocycles. The van der Waals surface area contributed by atoms with E-state index in [1.165, 1.54) is 19.1 Å². The number of carbonyl (C=O) groups excluding carboxylic acids is 1. The normalized spacial score (nSPS) is 12.4. The van der Waals surface area contributed by atoms with E-state index in [0.717, 1.165) is 6.07 Å². The van der Waals surface area contributed by atoms with Crippen LogP contribution in [0.5, 0.6) is 0 Å². The number of rotatable bonds is 5. The van der Waals surface area contributed by atoms with Crippen LogP contribution in [0, 0.1) is 13.8 Å². The minimum atomic E-state index is -4.81. The van der Waals surface area contributed by atoms with Gasteiger partial charge in [0.05, 0.1) is 17.4 Å². The van der Waals surface area contributed by atoms with Gasteiger partial charge in [-0.2, -0.15) is 31.1 Å². The van der Waals surface area contributed by atoms with Gasteiger partial charge in [-0.15, -0.1) is 5.10 Å². The minimum Gasteiger partial charge on any atom is -0.459 e. The summed E-state index contributed by atoms with van der Waals surface area (Å²) in [5.41, 5.74) is -1.00. The van der Waals surface area contributed by atoms with Gasteiger partial charge in [0.15, 0.2) is 5.69 Å². The van der Waals surface area contributed by atoms with Crippen LogP contribution in [0.4, 0.5) is 18.9 Å². The zero-order chi connectivity index (χ0) is 23.1. The van der Waals surface area contributed by atoms with E-state index in [1.54, 1.807) is 26.8 Å². The van der Waals surface area contributed by atoms with E-state index >= 15 is 0 Å². The molecule has 2 aromatic heterocycles. The van der Waals surface area contributed by atoms with Crippen LogP contribution in [0.15, 0.2) is 29.4 Å². The first-order chi connectivity index (χ1) is 14.3. The first-order valence-corrected chi connectivity index (χ1v) is 10.4. The molecule has 1 N–H and O–H groups in total. The zero-order valence-electron chi connectivity index (χ0n) is 16.9. The predicted octanol–water partition coefficient (Wildman–Crippen LogP) is 3.13. The van der Waals surface area contributed by atoms with Crippen molar-refractivity contribution in [1.29, 1.82) is 0 Å². The molecule has 0 bridgehead atoms. The summed E-state index contributed by atoms with van der Waals surface area (Å²) >= 11 is 0. The molecular weight excluding hydrogens is 439 g/mol. The number of hydrogen-bond donors (Lipinski definition) is 1. The van der Waals surface area contributed by atoms with E-state index in [9.17, 15) is 26.4 Å². The molecule has 1 aromatic carbocycles. The Bertz CT molecular complexity index is 1270. The number of nitrogens with zero attached hydrogens (tertiary/aromatic N) is 4. The number of anilines is 1. The highest BCUT2D eigenvalue weighted by Crippen LogP contribution is 2.30. The quantitative estimate of drug-likeness (QED) is 0.585. The highest BCUT2D eigenvalue weighted by atomic mass is 32.2. The number of ether oxygens (including phenoxy) is 1. The number of alkyl halides is 3. The Morgan fingerprint density at radius 1 is 1.19 bits per heavy atom. The van der Waals surface area contributed by atoms with Crippen molar-refractivity contribution < 1.29 is 31.1 Å². The van der Waals surface area contributed by atoms with Gasteiger partial charge in [-0.25, -0.2) is 9.78 Å². The maximum Gasteiger partial charge on any atom is 0.433 e. The number of esters is 1. The van der Waals surface area contributed by atoms with E-state index in [0.29, 0.717) is 10.1 Å². The lowest BCUT2D eigenvalue weighted by Gasteiger charge is -2.14. The Hall–Kier alpha value is -3.22. The molecular formula is C18H18F3N5O4S. The second kappa shape index (κ2) is 7.80. The third-order valence-corrected chi connectivity index (χ3v) is 5.15. The fraction of sp³-hybridized carbons (Fsp3) is 0.333. The van der Waals surface area contributed by atoms with Crippen LogP contribution in [0.2, 0.25) is 0 Å². The van der Waals surface area contributed by atoms with Gasteiger partial charge in [0.2, 0.25) is 0 Å². The molecule has 9 nitrogen and oxygen atoms in total. The van der Waals surface area contributed by atoms with Crippen LogP contribution < -0.4 is 4.72 Å². The van der Waals surface area contributed by atoms with Gasteiger partial charge in [0.25, 0.3) is 21.0 Å². The van der Waals surface area contributed by atoms with Crippen molar-refractivity contribution in [2.24, 2.45) is 0 Å². The number of aromatic nitrogens is 4. The maximum atomic E-state index is 13.3. The number of nitrogens with one attached hydrogen (secondary N) is 1. The molecule has 0 aliphatic rings. The number of para-hydroxylation sites is 1. The van der Waals surface area contributed by atoms with Gasteiger partial charge >= 0.3 is 12.1 Å². The second-order valence-corrected chi connectivity index (χ2v) is 8.52. The lowest BCUT2D eigenvalue weighted by Crippen LogP contribution is -2.20. The van der Waals surface area contributed by atoms with E-state index in [1.807, 2.05) is 0 Å². The van der Waals surface area contributed by atoms with Crippen molar-refractivity contribution in [2.75, 3.05) is 4.72 Å². The number of fused-ring (bicyclic) bond motifs is 1. The average molecular weight is 457 g/mol. The molecule has 0 unspecified atom stereocenters. The highest BCUT2D eigenvalue weighted by molar-refractivity contribution is 7.92. The number of hydrogen-bond acceptors (Lipinski definition) is 7. The van der Waals surface area contributed by atoms with Crippen LogP contribution in [0.25, 0.3) is 5.78 Å². The van der Waals surface area contributed by atoms with Crippen molar-refractivity contribution in [3.05, 3.63) is 46.8 Å². The molecule has 3 aromatic rings. The average Bonchev–Trinajstić information content (AvgIpc) is 3.05. The second-order valence-electron chi connectivity index (χ2n) is 6.94. The van der Waals surface area contributed by atoms with Crippen LogP contribution in [-0.2, 0) is 20.9 Å². The Morgan fingerprint density at radius 2 is 1.87 bits per heavy atom. The van der Waals surface area contributed by atoms with E-state index in [-0.39, 0.29) is 16.9 Å². The molecule has 0 atom stereocenters. The maximum absolute atomic E-state index is 13.3. The lowest BCUT2D eigenvalue weighted by molar-refractivity contribution is -0.142. The molecule has 2 heterocycles. The molecule has 3 rings (SSSR count). The fourth-order valence-corrected chi connectivity index (χ4v) is 3.74. The Morgan fingerprint density at radius 3 is 2.48 bits per heavy atom. The van der Waals surface area contributed by atoms with E-state index in [4.69, 9.17) is 4.74 Å². The Balaban J connectivity index is 2.09. The Kier molecular flexibility index (Phi) is 5.65. The molecule has 0 spiro atoms. The number of halogens is 3. The summed E-state index contributed by atoms with van der Waals surface area (Å²) < 4.78 is 73.3. The molecule has 0 radical (unpaired) electrons. The van der Waals surface area contributed by atoms with E-state index < -0.39 is 44.9 Å². The zero-order valence-corrected chi connectivity index (χ0v) is 17.7. The van der Waals surface area contributed by atoms with Gasteiger partial charge in [-0.05, 0) is 45.4 Å². The van der Waals surface area contributed by atoms with Crippen molar-refractivity contribution in [3.8, 4) is 0 Å². The van der Waals surface area contributed by atoms with Gasteiger partial charge in [-0.1, -0.05) is 12.1 Å². The molecule has 166 valence electrons. The predicted molar refractivity (Wildman–Crippen MR) is 103 cm³/mol. The summed E-state index contributed by atoms with van der Waals surface area (Å²) in [6, 6.07) is 5.18. The summed E-state index contributed by atoms with van der Waals surface area (Å²) in [6.07, 6.45) is -5.26. The van der Waals surface area contributed by atoms with Crippen LogP contribution in [0.1, 0.15) is 41.2 Å². The van der Waals surface area contributed by atoms with E-state index in [2.05, 4.69) is 19.8 Å². The number of sulfonamides is 1. The monoisotopic (exact) mass is 457 g/mol. The lowest BCUT2D eigenvalue weighted by atomic mass is 10.1. The SMILES string of the molecule is Cc1cc(C(F)(F)F)n2nc(S(=O)(=O)Nc3c(C)cccc3C(=O)OC(C)C)nc2n1. The largest absolute Gasteiger partial charge is 0.459 e. The fourth-order valence-electron chi connectivity index (χ4n) is 2.72. The third-order valence-electron chi connectivity index (χ3n) is 4.02. The van der Waals surface area contributed by atoms with Gasteiger partial charge in [-0.3, -0.25) is 4.72 Å². The van der Waals surface area contributed by atoms with Gasteiger partial charge in [0, 0.05) is 5.69 Å². The topological polar surface area (TPSA) is 116 Å². The molecule has 0 aliphatic carbocycles. The smallest absolute Gasteiger partial charge is 0.433 e. The number of carbonyl (C=O) groups is 1. The van der Waals surface area contributed by atoms with Gasteiger partial charge < -0.3 is 4.74 Å². The summed E-state index contributed by atoms with van der Waals surface area (Å²) in [7, 11) is -4.57. The molecule has 13 heteroatoms. The summed E-state index contributed by atoms with van der Waals surface area (Å²) in [4.78, 5) is 19.8. The molecule has 31 heavy (non-hydrogen) atoms. The Labute approximate surface area is 175 Å². The molecule has 0 saturated heterocycles. The standard InChI is InChI=1S/C18H18F3N5O4S/c1-9(2)30-15(27)12-7-5-6-10(3)14(12)25-31(28,29)17-23-16-22-11(4)8-13(18(19,20)21)26(16)24-17/h5-9,25H,1-4H3. The first kappa shape index (κ1) is 22.5. The molecule has 0 fully saturated rings. The highest BCUT2D eigenvalue weighted by Gasteiger charge is 2.36. The van der Waals surface area contributed by atoms with Crippen LogP contribution in [-0.4, -0.2) is 40.1 Å². The molecule has 0 amide bonds. The number of benzene rings is 1.